The minimum absolute atomic E-state index is 0.147. The third-order valence-corrected chi connectivity index (χ3v) is 8.22. The lowest BCUT2D eigenvalue weighted by molar-refractivity contribution is -0.122. The number of pyridine rings is 1. The summed E-state index contributed by atoms with van der Waals surface area (Å²) in [6.45, 7) is 5.14. The van der Waals surface area contributed by atoms with E-state index in [1.54, 1.807) is 18.3 Å². The summed E-state index contributed by atoms with van der Waals surface area (Å²) in [5.41, 5.74) is -0.440. The summed E-state index contributed by atoms with van der Waals surface area (Å²) in [4.78, 5) is 37.0. The monoisotopic (exact) mass is 531 g/mol. The number of ether oxygens (including phenoxy) is 1. The van der Waals surface area contributed by atoms with Gasteiger partial charge in [-0.25, -0.2) is 14.2 Å². The third kappa shape index (κ3) is 4.30. The van der Waals surface area contributed by atoms with E-state index in [0.29, 0.717) is 30.8 Å². The van der Waals surface area contributed by atoms with E-state index in [1.165, 1.54) is 17.0 Å². The zero-order chi connectivity index (χ0) is 26.3. The fraction of sp³-hybridized carbons (Fsp3) is 0.500. The van der Waals surface area contributed by atoms with Crippen molar-refractivity contribution in [2.75, 3.05) is 51.7 Å². The van der Waals surface area contributed by atoms with Crippen molar-refractivity contribution in [1.29, 1.82) is 0 Å². The Balaban J connectivity index is 1.71. The Hall–Kier alpha value is -2.95. The second kappa shape index (κ2) is 10.1. The number of anilines is 1. The molecule has 2 aromatic rings. The minimum Gasteiger partial charge on any atom is -0.478 e. The van der Waals surface area contributed by atoms with Crippen molar-refractivity contribution in [2.45, 2.75) is 37.3 Å². The second-order valence-electron chi connectivity index (χ2n) is 9.88. The molecule has 0 aliphatic carbocycles. The normalized spacial score (nSPS) is 25.1. The van der Waals surface area contributed by atoms with Crippen LogP contribution >= 0.6 is 11.6 Å². The molecule has 2 N–H and O–H groups in total. The lowest BCUT2D eigenvalue weighted by Gasteiger charge is -2.50. The van der Waals surface area contributed by atoms with Crippen LogP contribution in [0.3, 0.4) is 0 Å². The van der Waals surface area contributed by atoms with E-state index < -0.39 is 29.3 Å². The molecule has 2 amide bonds. The van der Waals surface area contributed by atoms with Crippen LogP contribution < -0.4 is 10.1 Å². The molecule has 3 aliphatic heterocycles. The SMILES string of the molecule is CCOc1ncccc1C1(C2CN(C3CCN(C)CC3)CCN2C(=O)O)C(=O)Nc2cc(F)c(Cl)cc21. The standard InChI is InChI=1S/C26H31ClFN5O4/c1-3-37-23-17(5-4-8-29-23)26(18-13-19(27)20(28)14-21(18)30-24(26)34)22-15-32(11-12-33(22)25(35)36)16-6-9-31(2)10-7-16/h4-5,8,13-14,16,22H,3,6-7,9-12,15H2,1-2H3,(H,30,34)(H,35,36). The first-order chi connectivity index (χ1) is 17.8. The number of fused-ring (bicyclic) bond motifs is 1. The Morgan fingerprint density at radius 3 is 2.73 bits per heavy atom. The molecule has 1 aromatic heterocycles. The number of amides is 2. The van der Waals surface area contributed by atoms with Crippen molar-refractivity contribution in [2.24, 2.45) is 0 Å². The van der Waals surface area contributed by atoms with Gasteiger partial charge in [-0.1, -0.05) is 17.7 Å². The molecule has 198 valence electrons. The van der Waals surface area contributed by atoms with E-state index in [9.17, 15) is 19.1 Å². The maximum Gasteiger partial charge on any atom is 0.407 e. The maximum atomic E-state index is 14.5. The van der Waals surface area contributed by atoms with Crippen LogP contribution in [0.5, 0.6) is 5.88 Å². The van der Waals surface area contributed by atoms with Gasteiger partial charge in [-0.3, -0.25) is 9.69 Å². The van der Waals surface area contributed by atoms with Crippen LogP contribution in [0.1, 0.15) is 30.9 Å². The van der Waals surface area contributed by atoms with E-state index >= 15 is 0 Å². The van der Waals surface area contributed by atoms with E-state index in [0.717, 1.165) is 25.9 Å². The second-order valence-corrected chi connectivity index (χ2v) is 10.3. The van der Waals surface area contributed by atoms with Crippen molar-refractivity contribution in [3.05, 3.63) is 52.4 Å². The van der Waals surface area contributed by atoms with Gasteiger partial charge in [-0.05, 0) is 63.7 Å². The number of benzene rings is 1. The highest BCUT2D eigenvalue weighted by molar-refractivity contribution is 6.31. The lowest BCUT2D eigenvalue weighted by atomic mass is 9.68. The van der Waals surface area contributed by atoms with Gasteiger partial charge >= 0.3 is 6.09 Å². The number of hydrogen-bond acceptors (Lipinski definition) is 6. The number of nitrogens with one attached hydrogen (secondary N) is 1. The predicted molar refractivity (Wildman–Crippen MR) is 137 cm³/mol. The maximum absolute atomic E-state index is 14.5. The van der Waals surface area contributed by atoms with E-state index in [-0.39, 0.29) is 29.2 Å². The summed E-state index contributed by atoms with van der Waals surface area (Å²) in [5.74, 6) is -0.894. The predicted octanol–water partition coefficient (Wildman–Crippen LogP) is 3.27. The zero-order valence-electron chi connectivity index (χ0n) is 20.9. The minimum atomic E-state index is -1.55. The highest BCUT2D eigenvalue weighted by Gasteiger charge is 2.59. The number of carboxylic acid groups (broad SMARTS) is 1. The van der Waals surface area contributed by atoms with Gasteiger partial charge in [0.1, 0.15) is 11.2 Å². The first-order valence-corrected chi connectivity index (χ1v) is 13.0. The average molecular weight is 532 g/mol. The highest BCUT2D eigenvalue weighted by atomic mass is 35.5. The number of nitrogens with zero attached hydrogens (tertiary/aromatic N) is 4. The number of aromatic nitrogens is 1. The van der Waals surface area contributed by atoms with Gasteiger partial charge in [0.05, 0.1) is 17.7 Å². The Labute approximate surface area is 220 Å². The van der Waals surface area contributed by atoms with Crippen LogP contribution in [-0.4, -0.2) is 95.3 Å². The molecule has 2 atom stereocenters. The Morgan fingerprint density at radius 2 is 2.03 bits per heavy atom. The van der Waals surface area contributed by atoms with Crippen LogP contribution in [0.15, 0.2) is 30.5 Å². The van der Waals surface area contributed by atoms with Gasteiger partial charge in [-0.15, -0.1) is 0 Å². The van der Waals surface area contributed by atoms with Crippen LogP contribution in [0.2, 0.25) is 5.02 Å². The summed E-state index contributed by atoms with van der Waals surface area (Å²) in [7, 11) is 2.09. The third-order valence-electron chi connectivity index (χ3n) is 7.93. The van der Waals surface area contributed by atoms with Crippen LogP contribution in [0.4, 0.5) is 14.9 Å². The molecule has 4 heterocycles. The number of halogens is 2. The van der Waals surface area contributed by atoms with Crippen molar-refractivity contribution in [3.63, 3.8) is 0 Å². The van der Waals surface area contributed by atoms with Crippen LogP contribution in [0.25, 0.3) is 0 Å². The van der Waals surface area contributed by atoms with Gasteiger partial charge in [0.25, 0.3) is 0 Å². The van der Waals surface area contributed by atoms with Gasteiger partial charge in [0, 0.05) is 43.1 Å². The molecular formula is C26H31ClFN5O4. The fourth-order valence-electron chi connectivity index (χ4n) is 6.14. The molecule has 2 unspecified atom stereocenters. The first kappa shape index (κ1) is 25.7. The molecule has 3 aliphatic rings. The summed E-state index contributed by atoms with van der Waals surface area (Å²) >= 11 is 6.25. The Bertz CT molecular complexity index is 1210. The molecule has 11 heteroatoms. The van der Waals surface area contributed by atoms with E-state index in [4.69, 9.17) is 16.3 Å². The highest BCUT2D eigenvalue weighted by Crippen LogP contribution is 2.51. The first-order valence-electron chi connectivity index (χ1n) is 12.6. The molecule has 9 nitrogen and oxygen atoms in total. The summed E-state index contributed by atoms with van der Waals surface area (Å²) in [6.07, 6.45) is 2.36. The molecule has 1 aromatic carbocycles. The van der Waals surface area contributed by atoms with Gasteiger partial charge in [0.15, 0.2) is 0 Å². The Kier molecular flexibility index (Phi) is 6.99. The van der Waals surface area contributed by atoms with Crippen molar-refractivity contribution in [1.82, 2.24) is 19.7 Å². The fourth-order valence-corrected chi connectivity index (χ4v) is 6.30. The topological polar surface area (TPSA) is 98.2 Å². The van der Waals surface area contributed by atoms with Crippen molar-refractivity contribution < 1.29 is 23.8 Å². The van der Waals surface area contributed by atoms with E-state index in [2.05, 4.69) is 27.1 Å². The number of carbonyl (C=O) groups is 2. The quantitative estimate of drug-likeness (QED) is 0.611. The molecule has 2 fully saturated rings. The number of carbonyl (C=O) groups excluding carboxylic acids is 1. The number of rotatable bonds is 5. The van der Waals surface area contributed by atoms with Crippen LogP contribution in [-0.2, 0) is 10.2 Å². The average Bonchev–Trinajstić information content (AvgIpc) is 3.16. The van der Waals surface area contributed by atoms with Gasteiger partial charge < -0.3 is 25.0 Å². The number of piperidine rings is 1. The number of piperazine rings is 1. The zero-order valence-corrected chi connectivity index (χ0v) is 21.7. The smallest absolute Gasteiger partial charge is 0.407 e. The molecule has 0 bridgehead atoms. The van der Waals surface area contributed by atoms with Crippen LogP contribution in [0, 0.1) is 5.82 Å². The Morgan fingerprint density at radius 1 is 1.27 bits per heavy atom. The summed E-state index contributed by atoms with van der Waals surface area (Å²) in [5, 5.41) is 13.0. The van der Waals surface area contributed by atoms with Gasteiger partial charge in [-0.2, -0.15) is 0 Å². The molecule has 37 heavy (non-hydrogen) atoms. The summed E-state index contributed by atoms with van der Waals surface area (Å²) < 4.78 is 20.4. The molecule has 2 saturated heterocycles. The molecular weight excluding hydrogens is 501 g/mol. The molecule has 0 spiro atoms. The largest absolute Gasteiger partial charge is 0.478 e. The number of likely N-dealkylation sites (tertiary alicyclic amines) is 1. The van der Waals surface area contributed by atoms with Crippen molar-refractivity contribution in [3.8, 4) is 5.88 Å². The lowest BCUT2D eigenvalue weighted by Crippen LogP contribution is -2.66. The molecule has 5 rings (SSSR count). The molecule has 0 radical (unpaired) electrons. The number of hydrogen-bond donors (Lipinski definition) is 2. The van der Waals surface area contributed by atoms with Crippen molar-refractivity contribution >= 4 is 29.3 Å². The molecule has 0 saturated carbocycles. The van der Waals surface area contributed by atoms with E-state index in [1.807, 2.05) is 6.92 Å². The summed E-state index contributed by atoms with van der Waals surface area (Å²) in [6, 6.07) is 5.49. The van der Waals surface area contributed by atoms with Gasteiger partial charge in [0.2, 0.25) is 11.8 Å².